The van der Waals surface area contributed by atoms with Gasteiger partial charge in [0.2, 0.25) is 0 Å². The van der Waals surface area contributed by atoms with Gasteiger partial charge in [-0.2, -0.15) is 5.10 Å². The number of rotatable bonds is 2. The number of methoxy groups -OCH3 is 1. The van der Waals surface area contributed by atoms with Crippen LogP contribution in [0.25, 0.3) is 5.52 Å². The molecule has 1 spiro atoms. The first-order valence-electron chi connectivity index (χ1n) is 8.09. The average Bonchev–Trinajstić information content (AvgIpc) is 3.18. The summed E-state index contributed by atoms with van der Waals surface area (Å²) in [6.45, 7) is 2.02. The summed E-state index contributed by atoms with van der Waals surface area (Å²) in [4.78, 5) is 14.9. The van der Waals surface area contributed by atoms with E-state index in [4.69, 9.17) is 9.47 Å². The summed E-state index contributed by atoms with van der Waals surface area (Å²) in [6, 6.07) is 5.75. The van der Waals surface area contributed by atoms with Crippen molar-refractivity contribution in [1.29, 1.82) is 0 Å². The zero-order chi connectivity index (χ0) is 15.9. The SMILES string of the molecule is CO[C@H]1CO[C@]2(CCCN(C(=O)c3cnn4ccccc34)C2)C1. The van der Waals surface area contributed by atoms with Crippen molar-refractivity contribution in [1.82, 2.24) is 14.5 Å². The van der Waals surface area contributed by atoms with Gasteiger partial charge in [-0.05, 0) is 25.0 Å². The Bertz CT molecular complexity index is 729. The van der Waals surface area contributed by atoms with Crippen LogP contribution in [0, 0.1) is 0 Å². The second-order valence-electron chi connectivity index (χ2n) is 6.47. The van der Waals surface area contributed by atoms with Gasteiger partial charge in [-0.25, -0.2) is 4.52 Å². The zero-order valence-electron chi connectivity index (χ0n) is 13.3. The first kappa shape index (κ1) is 14.7. The second-order valence-corrected chi connectivity index (χ2v) is 6.47. The molecule has 122 valence electrons. The molecule has 0 unspecified atom stereocenters. The number of amides is 1. The number of ether oxygens (including phenoxy) is 2. The van der Waals surface area contributed by atoms with Gasteiger partial charge in [0.25, 0.3) is 5.91 Å². The minimum Gasteiger partial charge on any atom is -0.379 e. The number of fused-ring (bicyclic) bond motifs is 1. The van der Waals surface area contributed by atoms with Gasteiger partial charge in [-0.3, -0.25) is 4.79 Å². The molecule has 2 aromatic rings. The van der Waals surface area contributed by atoms with Gasteiger partial charge in [0.1, 0.15) is 0 Å². The molecule has 1 amide bonds. The lowest BCUT2D eigenvalue weighted by Crippen LogP contribution is -2.50. The highest BCUT2D eigenvalue weighted by Crippen LogP contribution is 2.36. The number of likely N-dealkylation sites (tertiary alicyclic amines) is 1. The first-order chi connectivity index (χ1) is 11.2. The van der Waals surface area contributed by atoms with E-state index in [0.29, 0.717) is 18.7 Å². The van der Waals surface area contributed by atoms with Crippen LogP contribution < -0.4 is 0 Å². The van der Waals surface area contributed by atoms with Crippen LogP contribution in [0.3, 0.4) is 0 Å². The largest absolute Gasteiger partial charge is 0.379 e. The summed E-state index contributed by atoms with van der Waals surface area (Å²) in [5.74, 6) is 0.0368. The number of pyridine rings is 1. The van der Waals surface area contributed by atoms with E-state index in [-0.39, 0.29) is 17.6 Å². The van der Waals surface area contributed by atoms with Gasteiger partial charge in [0.05, 0.1) is 42.1 Å². The molecule has 0 aromatic carbocycles. The number of carbonyl (C=O) groups is 1. The maximum absolute atomic E-state index is 13.0. The van der Waals surface area contributed by atoms with Crippen LogP contribution in [0.2, 0.25) is 0 Å². The smallest absolute Gasteiger partial charge is 0.257 e. The van der Waals surface area contributed by atoms with Crippen molar-refractivity contribution in [2.75, 3.05) is 26.8 Å². The molecule has 0 aliphatic carbocycles. The Kier molecular flexibility index (Phi) is 3.58. The Morgan fingerprint density at radius 2 is 2.39 bits per heavy atom. The normalized spacial score (nSPS) is 27.9. The van der Waals surface area contributed by atoms with Gasteiger partial charge >= 0.3 is 0 Å². The molecule has 6 nitrogen and oxygen atoms in total. The van der Waals surface area contributed by atoms with E-state index in [1.165, 1.54) is 0 Å². The molecular formula is C17H21N3O3. The third kappa shape index (κ3) is 2.52. The fraction of sp³-hybridized carbons (Fsp3) is 0.529. The van der Waals surface area contributed by atoms with E-state index in [2.05, 4.69) is 5.10 Å². The highest BCUT2D eigenvalue weighted by Gasteiger charge is 2.44. The van der Waals surface area contributed by atoms with Crippen LogP contribution in [-0.2, 0) is 9.47 Å². The molecule has 6 heteroatoms. The highest BCUT2D eigenvalue weighted by atomic mass is 16.6. The van der Waals surface area contributed by atoms with Gasteiger partial charge < -0.3 is 14.4 Å². The van der Waals surface area contributed by atoms with E-state index in [1.807, 2.05) is 29.3 Å². The van der Waals surface area contributed by atoms with Crippen molar-refractivity contribution in [2.45, 2.75) is 31.0 Å². The number of nitrogens with zero attached hydrogens (tertiary/aromatic N) is 3. The van der Waals surface area contributed by atoms with Crippen molar-refractivity contribution < 1.29 is 14.3 Å². The van der Waals surface area contributed by atoms with E-state index < -0.39 is 0 Å². The van der Waals surface area contributed by atoms with Crippen LogP contribution >= 0.6 is 0 Å². The van der Waals surface area contributed by atoms with E-state index in [0.717, 1.165) is 31.3 Å². The fourth-order valence-electron chi connectivity index (χ4n) is 3.78. The number of hydrogen-bond donors (Lipinski definition) is 0. The molecule has 2 fully saturated rings. The zero-order valence-corrected chi connectivity index (χ0v) is 13.3. The molecule has 0 saturated carbocycles. The summed E-state index contributed by atoms with van der Waals surface area (Å²) >= 11 is 0. The molecule has 2 atom stereocenters. The summed E-state index contributed by atoms with van der Waals surface area (Å²) < 4.78 is 13.2. The van der Waals surface area contributed by atoms with Crippen molar-refractivity contribution >= 4 is 11.4 Å². The molecule has 23 heavy (non-hydrogen) atoms. The summed E-state index contributed by atoms with van der Waals surface area (Å²) in [5, 5.41) is 4.27. The monoisotopic (exact) mass is 315 g/mol. The van der Waals surface area contributed by atoms with Crippen molar-refractivity contribution in [3.05, 3.63) is 36.2 Å². The van der Waals surface area contributed by atoms with E-state index >= 15 is 0 Å². The van der Waals surface area contributed by atoms with Crippen LogP contribution in [0.1, 0.15) is 29.6 Å². The Morgan fingerprint density at radius 3 is 3.22 bits per heavy atom. The van der Waals surface area contributed by atoms with Crippen LogP contribution in [0.4, 0.5) is 0 Å². The Hall–Kier alpha value is -1.92. The second kappa shape index (κ2) is 5.62. The molecule has 0 radical (unpaired) electrons. The molecule has 4 rings (SSSR count). The minimum absolute atomic E-state index is 0.0368. The standard InChI is InChI=1S/C17H21N3O3/c1-22-13-9-17(23-11-13)6-4-7-19(12-17)16(21)14-10-18-20-8-3-2-5-15(14)20/h2-3,5,8,10,13H,4,6-7,9,11-12H2,1H3/t13-,17-/m1/s1. The third-order valence-corrected chi connectivity index (χ3v) is 4.99. The minimum atomic E-state index is -0.239. The lowest BCUT2D eigenvalue weighted by molar-refractivity contribution is -0.0458. The number of piperidine rings is 1. The molecule has 0 N–H and O–H groups in total. The number of hydrogen-bond acceptors (Lipinski definition) is 4. The van der Waals surface area contributed by atoms with Gasteiger partial charge in [0.15, 0.2) is 0 Å². The van der Waals surface area contributed by atoms with E-state index in [1.54, 1.807) is 17.8 Å². The van der Waals surface area contributed by atoms with Crippen molar-refractivity contribution in [3.63, 3.8) is 0 Å². The lowest BCUT2D eigenvalue weighted by Gasteiger charge is -2.39. The van der Waals surface area contributed by atoms with Crippen molar-refractivity contribution in [2.24, 2.45) is 0 Å². The summed E-state index contributed by atoms with van der Waals surface area (Å²) in [7, 11) is 1.72. The van der Waals surface area contributed by atoms with Crippen LogP contribution in [-0.4, -0.2) is 58.9 Å². The Labute approximate surface area is 135 Å². The lowest BCUT2D eigenvalue weighted by atomic mass is 9.89. The first-order valence-corrected chi connectivity index (χ1v) is 8.09. The van der Waals surface area contributed by atoms with Crippen molar-refractivity contribution in [3.8, 4) is 0 Å². The van der Waals surface area contributed by atoms with E-state index in [9.17, 15) is 4.79 Å². The fourth-order valence-corrected chi connectivity index (χ4v) is 3.78. The van der Waals surface area contributed by atoms with Gasteiger partial charge in [0, 0.05) is 26.3 Å². The van der Waals surface area contributed by atoms with Crippen LogP contribution in [0.5, 0.6) is 0 Å². The Morgan fingerprint density at radius 1 is 1.48 bits per heavy atom. The highest BCUT2D eigenvalue weighted by molar-refractivity contribution is 6.00. The molecule has 0 bridgehead atoms. The van der Waals surface area contributed by atoms with Gasteiger partial charge in [-0.15, -0.1) is 0 Å². The molecular weight excluding hydrogens is 294 g/mol. The maximum Gasteiger partial charge on any atom is 0.257 e. The van der Waals surface area contributed by atoms with Gasteiger partial charge in [-0.1, -0.05) is 6.07 Å². The Balaban J connectivity index is 1.57. The summed E-state index contributed by atoms with van der Waals surface area (Å²) in [5.41, 5.74) is 1.26. The molecule has 2 aliphatic rings. The number of carbonyl (C=O) groups excluding carboxylic acids is 1. The topological polar surface area (TPSA) is 56.1 Å². The predicted octanol–water partition coefficient (Wildman–Crippen LogP) is 1.74. The quantitative estimate of drug-likeness (QED) is 0.847. The third-order valence-electron chi connectivity index (χ3n) is 4.99. The number of aromatic nitrogens is 2. The summed E-state index contributed by atoms with van der Waals surface area (Å²) in [6.07, 6.45) is 6.47. The molecule has 2 aliphatic heterocycles. The predicted molar refractivity (Wildman–Crippen MR) is 84.4 cm³/mol. The molecule has 2 saturated heterocycles. The van der Waals surface area contributed by atoms with Crippen LogP contribution in [0.15, 0.2) is 30.6 Å². The molecule has 4 heterocycles. The average molecular weight is 315 g/mol. The maximum atomic E-state index is 13.0. The molecule has 2 aromatic heterocycles.